The quantitative estimate of drug-likeness (QED) is 0.195. The zero-order valence-electron chi connectivity index (χ0n) is 6.42. The number of carbonyl (C=O) groups is 2. The molecular formula is C8H10O3. The van der Waals surface area contributed by atoms with Crippen LogP contribution in [0.5, 0.6) is 0 Å². The number of hydrogen-bond donors (Lipinski definition) is 0. The third-order valence-corrected chi connectivity index (χ3v) is 0.927. The van der Waals surface area contributed by atoms with E-state index in [-0.39, 0.29) is 6.61 Å². The molecule has 0 unspecified atom stereocenters. The van der Waals surface area contributed by atoms with E-state index in [0.29, 0.717) is 12.8 Å². The lowest BCUT2D eigenvalue weighted by atomic mass is 10.3. The van der Waals surface area contributed by atoms with Gasteiger partial charge in [0.1, 0.15) is 6.29 Å². The van der Waals surface area contributed by atoms with E-state index in [1.54, 1.807) is 6.92 Å². The number of esters is 1. The lowest BCUT2D eigenvalue weighted by Crippen LogP contribution is -2.02. The van der Waals surface area contributed by atoms with Gasteiger partial charge < -0.3 is 9.53 Å². The van der Waals surface area contributed by atoms with Gasteiger partial charge in [-0.2, -0.15) is 0 Å². The molecule has 0 aliphatic carbocycles. The number of aldehydes is 1. The highest BCUT2D eigenvalue weighted by atomic mass is 16.5. The maximum atomic E-state index is 10.5. The van der Waals surface area contributed by atoms with Crippen molar-refractivity contribution in [3.8, 4) is 11.8 Å². The summed E-state index contributed by atoms with van der Waals surface area (Å²) in [6.07, 6.45) is 1.78. The molecule has 3 nitrogen and oxygen atoms in total. The van der Waals surface area contributed by atoms with E-state index in [2.05, 4.69) is 16.6 Å². The molecule has 0 saturated carbocycles. The van der Waals surface area contributed by atoms with E-state index in [1.807, 2.05) is 0 Å². The van der Waals surface area contributed by atoms with Crippen LogP contribution in [0.25, 0.3) is 0 Å². The molecule has 0 heterocycles. The van der Waals surface area contributed by atoms with Crippen LogP contribution in [0.1, 0.15) is 19.8 Å². The number of carbonyl (C=O) groups excluding carboxylic acids is 2. The predicted molar refractivity (Wildman–Crippen MR) is 39.7 cm³/mol. The van der Waals surface area contributed by atoms with Crippen LogP contribution in [0.3, 0.4) is 0 Å². The second-order valence-corrected chi connectivity index (χ2v) is 1.82. The van der Waals surface area contributed by atoms with Crippen molar-refractivity contribution < 1.29 is 14.3 Å². The minimum atomic E-state index is -0.529. The van der Waals surface area contributed by atoms with Gasteiger partial charge in [0.05, 0.1) is 6.61 Å². The van der Waals surface area contributed by atoms with Crippen molar-refractivity contribution in [2.75, 3.05) is 6.61 Å². The van der Waals surface area contributed by atoms with Crippen molar-refractivity contribution in [3.63, 3.8) is 0 Å². The van der Waals surface area contributed by atoms with Gasteiger partial charge in [-0.15, -0.1) is 0 Å². The fourth-order valence-electron chi connectivity index (χ4n) is 0.470. The highest BCUT2D eigenvalue weighted by Gasteiger charge is 1.94. The van der Waals surface area contributed by atoms with E-state index in [1.165, 1.54) is 0 Å². The van der Waals surface area contributed by atoms with Gasteiger partial charge in [0.2, 0.25) is 0 Å². The summed E-state index contributed by atoms with van der Waals surface area (Å²) in [6.45, 7) is 1.83. The molecule has 0 radical (unpaired) electrons. The summed E-state index contributed by atoms with van der Waals surface area (Å²) in [5, 5.41) is 0. The van der Waals surface area contributed by atoms with Crippen LogP contribution in [0.4, 0.5) is 0 Å². The zero-order chi connectivity index (χ0) is 8.53. The van der Waals surface area contributed by atoms with E-state index < -0.39 is 5.97 Å². The van der Waals surface area contributed by atoms with Crippen molar-refractivity contribution in [2.24, 2.45) is 0 Å². The number of hydrogen-bond acceptors (Lipinski definition) is 3. The van der Waals surface area contributed by atoms with Crippen molar-refractivity contribution in [3.05, 3.63) is 0 Å². The first-order valence-electron chi connectivity index (χ1n) is 3.34. The molecule has 0 aromatic heterocycles. The molecule has 0 fully saturated rings. The van der Waals surface area contributed by atoms with E-state index in [0.717, 1.165) is 6.29 Å². The Labute approximate surface area is 65.7 Å². The topological polar surface area (TPSA) is 43.4 Å². The Balaban J connectivity index is 3.29. The Kier molecular flexibility index (Phi) is 6.01. The standard InChI is InChI=1S/C8H10O3/c1-2-5-8(10)11-7-4-3-6-9/h6H,3-4,7H2,1H3. The minimum absolute atomic E-state index is 0.270. The molecule has 0 bridgehead atoms. The van der Waals surface area contributed by atoms with Crippen molar-refractivity contribution in [1.29, 1.82) is 0 Å². The largest absolute Gasteiger partial charge is 0.456 e. The van der Waals surface area contributed by atoms with Crippen molar-refractivity contribution in [1.82, 2.24) is 0 Å². The summed E-state index contributed by atoms with van der Waals surface area (Å²) in [5.74, 6) is 4.11. The Hall–Kier alpha value is -1.30. The molecule has 0 atom stereocenters. The minimum Gasteiger partial charge on any atom is -0.456 e. The number of ether oxygens (including phenoxy) is 1. The van der Waals surface area contributed by atoms with Gasteiger partial charge in [0.15, 0.2) is 0 Å². The second-order valence-electron chi connectivity index (χ2n) is 1.82. The fraction of sp³-hybridized carbons (Fsp3) is 0.500. The second kappa shape index (κ2) is 6.81. The highest BCUT2D eigenvalue weighted by Crippen LogP contribution is 1.86. The van der Waals surface area contributed by atoms with Gasteiger partial charge in [-0.05, 0) is 13.3 Å². The van der Waals surface area contributed by atoms with Crippen LogP contribution in [0.15, 0.2) is 0 Å². The summed E-state index contributed by atoms with van der Waals surface area (Å²) in [5.41, 5.74) is 0. The fourth-order valence-corrected chi connectivity index (χ4v) is 0.470. The van der Waals surface area contributed by atoms with Crippen LogP contribution in [-0.2, 0) is 14.3 Å². The number of rotatable bonds is 4. The van der Waals surface area contributed by atoms with Gasteiger partial charge in [0, 0.05) is 12.3 Å². The third kappa shape index (κ3) is 6.59. The van der Waals surface area contributed by atoms with Crippen molar-refractivity contribution >= 4 is 12.3 Å². The summed E-state index contributed by atoms with van der Waals surface area (Å²) < 4.78 is 4.61. The Bertz CT molecular complexity index is 185. The molecule has 11 heavy (non-hydrogen) atoms. The molecule has 60 valence electrons. The lowest BCUT2D eigenvalue weighted by molar-refractivity contribution is -0.137. The smallest absolute Gasteiger partial charge is 0.384 e. The molecule has 0 aromatic carbocycles. The lowest BCUT2D eigenvalue weighted by Gasteiger charge is -1.95. The predicted octanol–water partition coefficient (Wildman–Crippen LogP) is 0.532. The van der Waals surface area contributed by atoms with Gasteiger partial charge in [-0.25, -0.2) is 4.79 Å². The van der Waals surface area contributed by atoms with Gasteiger partial charge in [-0.3, -0.25) is 0 Å². The molecule has 0 saturated heterocycles. The zero-order valence-corrected chi connectivity index (χ0v) is 6.42. The first-order chi connectivity index (χ1) is 5.31. The normalized spacial score (nSPS) is 7.73. The summed E-state index contributed by atoms with van der Waals surface area (Å²) in [6, 6.07) is 0. The Morgan fingerprint density at radius 2 is 2.36 bits per heavy atom. The molecule has 0 aromatic rings. The van der Waals surface area contributed by atoms with Crippen LogP contribution in [0.2, 0.25) is 0 Å². The molecule has 0 N–H and O–H groups in total. The monoisotopic (exact) mass is 154 g/mol. The van der Waals surface area contributed by atoms with Gasteiger partial charge in [-0.1, -0.05) is 5.92 Å². The molecule has 0 rings (SSSR count). The molecule has 0 spiro atoms. The molecule has 3 heteroatoms. The van der Waals surface area contributed by atoms with Crippen LogP contribution in [-0.4, -0.2) is 18.9 Å². The average Bonchev–Trinajstić information content (AvgIpc) is 1.99. The first-order valence-corrected chi connectivity index (χ1v) is 3.34. The SMILES string of the molecule is CC#CC(=O)OCCCC=O. The molecule has 0 amide bonds. The summed E-state index contributed by atoms with van der Waals surface area (Å²) in [7, 11) is 0. The average molecular weight is 154 g/mol. The molecule has 0 aliphatic rings. The number of unbranched alkanes of at least 4 members (excludes halogenated alkanes) is 1. The Morgan fingerprint density at radius 3 is 2.91 bits per heavy atom. The van der Waals surface area contributed by atoms with Crippen LogP contribution in [0, 0.1) is 11.8 Å². The molecule has 0 aliphatic heterocycles. The summed E-state index contributed by atoms with van der Waals surface area (Å²) in [4.78, 5) is 20.3. The van der Waals surface area contributed by atoms with Crippen LogP contribution < -0.4 is 0 Å². The maximum absolute atomic E-state index is 10.5. The maximum Gasteiger partial charge on any atom is 0.384 e. The van der Waals surface area contributed by atoms with E-state index in [9.17, 15) is 9.59 Å². The van der Waals surface area contributed by atoms with E-state index in [4.69, 9.17) is 0 Å². The third-order valence-electron chi connectivity index (χ3n) is 0.927. The van der Waals surface area contributed by atoms with Gasteiger partial charge in [0.25, 0.3) is 0 Å². The van der Waals surface area contributed by atoms with Crippen LogP contribution >= 0.6 is 0 Å². The molecular weight excluding hydrogens is 144 g/mol. The van der Waals surface area contributed by atoms with Crippen molar-refractivity contribution in [2.45, 2.75) is 19.8 Å². The first kappa shape index (κ1) is 9.70. The highest BCUT2D eigenvalue weighted by molar-refractivity contribution is 5.88. The van der Waals surface area contributed by atoms with E-state index >= 15 is 0 Å². The van der Waals surface area contributed by atoms with Gasteiger partial charge >= 0.3 is 5.97 Å². The summed E-state index contributed by atoms with van der Waals surface area (Å²) >= 11 is 0. The Morgan fingerprint density at radius 1 is 1.64 bits per heavy atom.